The standard InChI is InChI=1S/C17H21FN4O5S/c1-10-20-16(22-27-10)17(2,9-28(24)25)21-15(23)13-7-14(26-6-5-18)12(8-19-13)11-3-4-11/h7-8,11H,3-6,9H2,1-2H3,(H,21,23)(H,24,25). The number of nitrogens with one attached hydrogen (secondary N) is 1. The van der Waals surface area contributed by atoms with Gasteiger partial charge in [0.15, 0.2) is 16.9 Å². The highest BCUT2D eigenvalue weighted by Crippen LogP contribution is 2.44. The van der Waals surface area contributed by atoms with Crippen LogP contribution in [0.3, 0.4) is 0 Å². The molecule has 2 aromatic heterocycles. The van der Waals surface area contributed by atoms with E-state index in [9.17, 15) is 17.9 Å². The van der Waals surface area contributed by atoms with Crippen molar-refractivity contribution < 1.29 is 27.2 Å². The van der Waals surface area contributed by atoms with Crippen LogP contribution in [0.2, 0.25) is 0 Å². The van der Waals surface area contributed by atoms with E-state index < -0.39 is 29.2 Å². The van der Waals surface area contributed by atoms with Gasteiger partial charge in [0.1, 0.15) is 30.3 Å². The number of carbonyl (C=O) groups excluding carboxylic acids is 1. The molecular weight excluding hydrogens is 391 g/mol. The van der Waals surface area contributed by atoms with Gasteiger partial charge >= 0.3 is 0 Å². The van der Waals surface area contributed by atoms with Gasteiger partial charge in [0.2, 0.25) is 5.89 Å². The minimum absolute atomic E-state index is 0.0356. The van der Waals surface area contributed by atoms with Crippen LogP contribution in [0, 0.1) is 6.92 Å². The Morgan fingerprint density at radius 1 is 1.54 bits per heavy atom. The van der Waals surface area contributed by atoms with E-state index in [-0.39, 0.29) is 29.8 Å². The molecule has 0 aliphatic heterocycles. The van der Waals surface area contributed by atoms with Gasteiger partial charge < -0.3 is 19.1 Å². The Balaban J connectivity index is 1.86. The zero-order chi connectivity index (χ0) is 20.3. The Morgan fingerprint density at radius 2 is 2.29 bits per heavy atom. The second-order valence-electron chi connectivity index (χ2n) is 6.81. The number of halogens is 1. The summed E-state index contributed by atoms with van der Waals surface area (Å²) >= 11 is -2.23. The molecule has 1 aliphatic rings. The van der Waals surface area contributed by atoms with Crippen molar-refractivity contribution >= 4 is 17.0 Å². The topological polar surface area (TPSA) is 127 Å². The second-order valence-corrected chi connectivity index (χ2v) is 7.74. The number of hydrogen-bond donors (Lipinski definition) is 2. The predicted octanol–water partition coefficient (Wildman–Crippen LogP) is 1.87. The van der Waals surface area contributed by atoms with Crippen LogP contribution in [0.15, 0.2) is 16.8 Å². The van der Waals surface area contributed by atoms with E-state index >= 15 is 0 Å². The van der Waals surface area contributed by atoms with Crippen LogP contribution in [0.5, 0.6) is 5.75 Å². The number of rotatable bonds is 9. The third-order valence-electron chi connectivity index (χ3n) is 4.30. The van der Waals surface area contributed by atoms with Crippen LogP contribution >= 0.6 is 0 Å². The summed E-state index contributed by atoms with van der Waals surface area (Å²) in [5.41, 5.74) is -0.475. The van der Waals surface area contributed by atoms with Crippen molar-refractivity contribution in [2.75, 3.05) is 19.0 Å². The molecule has 2 aromatic rings. The quantitative estimate of drug-likeness (QED) is 0.598. The molecule has 9 nitrogen and oxygen atoms in total. The van der Waals surface area contributed by atoms with Crippen molar-refractivity contribution in [1.82, 2.24) is 20.4 Å². The lowest BCUT2D eigenvalue weighted by molar-refractivity contribution is 0.0903. The Bertz CT molecular complexity index is 888. The van der Waals surface area contributed by atoms with Gasteiger partial charge in [0, 0.05) is 24.8 Å². The molecule has 0 spiro atoms. The molecule has 11 heteroatoms. The number of nitrogens with zero attached hydrogens (tertiary/aromatic N) is 3. The fourth-order valence-corrected chi connectivity index (χ4v) is 3.48. The highest BCUT2D eigenvalue weighted by molar-refractivity contribution is 7.79. The molecule has 152 valence electrons. The third kappa shape index (κ3) is 4.71. The molecule has 2 unspecified atom stereocenters. The van der Waals surface area contributed by atoms with Crippen LogP contribution in [0.4, 0.5) is 4.39 Å². The van der Waals surface area contributed by atoms with Crippen LogP contribution in [-0.2, 0) is 16.6 Å². The molecule has 0 bridgehead atoms. The Kier molecular flexibility index (Phi) is 6.04. The van der Waals surface area contributed by atoms with Gasteiger partial charge in [-0.2, -0.15) is 4.98 Å². The third-order valence-corrected chi connectivity index (χ3v) is 5.13. The van der Waals surface area contributed by atoms with E-state index in [0.29, 0.717) is 11.7 Å². The minimum atomic E-state index is -2.23. The van der Waals surface area contributed by atoms with Crippen molar-refractivity contribution in [2.24, 2.45) is 0 Å². The molecular formula is C17H21FN4O5S. The summed E-state index contributed by atoms with van der Waals surface area (Å²) in [5, 5.41) is 6.41. The molecule has 1 fully saturated rings. The number of ether oxygens (including phenoxy) is 1. The van der Waals surface area contributed by atoms with Crippen LogP contribution in [0.25, 0.3) is 0 Å². The SMILES string of the molecule is Cc1nc(C(C)(CS(=O)O)NC(=O)c2cc(OCCF)c(C3CC3)cn2)no1. The van der Waals surface area contributed by atoms with Gasteiger partial charge in [0.05, 0.1) is 5.75 Å². The summed E-state index contributed by atoms with van der Waals surface area (Å²) in [6.07, 6.45) is 3.55. The fraction of sp³-hybridized carbons (Fsp3) is 0.529. The first kappa shape index (κ1) is 20.3. The molecule has 0 aromatic carbocycles. The highest BCUT2D eigenvalue weighted by Gasteiger charge is 2.36. The van der Waals surface area contributed by atoms with Crippen molar-refractivity contribution in [2.45, 2.75) is 38.1 Å². The number of amides is 1. The van der Waals surface area contributed by atoms with E-state index in [1.54, 1.807) is 13.1 Å². The molecule has 1 amide bonds. The first-order valence-corrected chi connectivity index (χ1v) is 9.99. The predicted molar refractivity (Wildman–Crippen MR) is 97.2 cm³/mol. The first-order valence-electron chi connectivity index (χ1n) is 8.72. The van der Waals surface area contributed by atoms with Gasteiger partial charge in [-0.3, -0.25) is 9.78 Å². The molecule has 2 N–H and O–H groups in total. The summed E-state index contributed by atoms with van der Waals surface area (Å²) in [7, 11) is 0. The van der Waals surface area contributed by atoms with Crippen molar-refractivity contribution in [3.05, 3.63) is 35.2 Å². The zero-order valence-corrected chi connectivity index (χ0v) is 16.3. The Labute approximate surface area is 163 Å². The minimum Gasteiger partial charge on any atom is -0.490 e. The molecule has 1 saturated carbocycles. The molecule has 2 atom stereocenters. The molecule has 0 radical (unpaired) electrons. The Morgan fingerprint density at radius 3 is 2.86 bits per heavy atom. The lowest BCUT2D eigenvalue weighted by Gasteiger charge is -2.25. The number of carbonyl (C=O) groups is 1. The average molecular weight is 412 g/mol. The van der Waals surface area contributed by atoms with Gasteiger partial charge in [-0.1, -0.05) is 5.16 Å². The lowest BCUT2D eigenvalue weighted by Crippen LogP contribution is -2.48. The molecule has 3 rings (SSSR count). The number of aryl methyl sites for hydroxylation is 1. The fourth-order valence-electron chi connectivity index (χ4n) is 2.79. The van der Waals surface area contributed by atoms with E-state index in [0.717, 1.165) is 18.4 Å². The van der Waals surface area contributed by atoms with Gasteiger partial charge in [-0.25, -0.2) is 8.60 Å². The second kappa shape index (κ2) is 8.31. The van der Waals surface area contributed by atoms with Crippen LogP contribution in [-0.4, -0.2) is 48.8 Å². The lowest BCUT2D eigenvalue weighted by atomic mass is 10.0. The highest BCUT2D eigenvalue weighted by atomic mass is 32.2. The smallest absolute Gasteiger partial charge is 0.270 e. The average Bonchev–Trinajstić information content (AvgIpc) is 3.38. The van der Waals surface area contributed by atoms with Crippen LogP contribution < -0.4 is 10.1 Å². The molecule has 2 heterocycles. The van der Waals surface area contributed by atoms with Gasteiger partial charge in [0.25, 0.3) is 5.91 Å². The maximum Gasteiger partial charge on any atom is 0.270 e. The largest absolute Gasteiger partial charge is 0.490 e. The van der Waals surface area contributed by atoms with Crippen molar-refractivity contribution in [3.8, 4) is 5.75 Å². The van der Waals surface area contributed by atoms with Crippen molar-refractivity contribution in [1.29, 1.82) is 0 Å². The summed E-state index contributed by atoms with van der Waals surface area (Å²) < 4.78 is 43.7. The number of pyridine rings is 1. The van der Waals surface area contributed by atoms with E-state index in [4.69, 9.17) is 9.26 Å². The van der Waals surface area contributed by atoms with E-state index in [1.165, 1.54) is 13.0 Å². The molecule has 28 heavy (non-hydrogen) atoms. The number of alkyl halides is 1. The number of aromatic nitrogens is 3. The maximum absolute atomic E-state index is 12.8. The normalized spacial score (nSPS) is 17.0. The summed E-state index contributed by atoms with van der Waals surface area (Å²) in [6, 6.07) is 1.45. The Hall–Kier alpha value is -2.40. The first-order chi connectivity index (χ1) is 13.3. The summed E-state index contributed by atoms with van der Waals surface area (Å²) in [6.45, 7) is 2.32. The van der Waals surface area contributed by atoms with Crippen LogP contribution in [0.1, 0.15) is 53.5 Å². The zero-order valence-electron chi connectivity index (χ0n) is 15.5. The van der Waals surface area contributed by atoms with E-state index in [2.05, 4.69) is 20.4 Å². The molecule has 0 saturated heterocycles. The van der Waals surface area contributed by atoms with Gasteiger partial charge in [-0.15, -0.1) is 0 Å². The van der Waals surface area contributed by atoms with E-state index in [1.807, 2.05) is 0 Å². The number of hydrogen-bond acceptors (Lipinski definition) is 7. The maximum atomic E-state index is 12.8. The summed E-state index contributed by atoms with van der Waals surface area (Å²) in [4.78, 5) is 21.0. The van der Waals surface area contributed by atoms with Gasteiger partial charge in [-0.05, 0) is 25.7 Å². The molecule has 1 aliphatic carbocycles. The monoisotopic (exact) mass is 412 g/mol. The summed E-state index contributed by atoms with van der Waals surface area (Å²) in [5.74, 6) is 0.107. The van der Waals surface area contributed by atoms with Crippen molar-refractivity contribution in [3.63, 3.8) is 0 Å².